The van der Waals surface area contributed by atoms with E-state index in [2.05, 4.69) is 56.5 Å². The molecule has 0 spiro atoms. The van der Waals surface area contributed by atoms with Crippen LogP contribution in [-0.4, -0.2) is 40.7 Å². The summed E-state index contributed by atoms with van der Waals surface area (Å²) in [5.41, 5.74) is 3.76. The number of rotatable bonds is 5. The van der Waals surface area contributed by atoms with E-state index in [1.807, 2.05) is 18.7 Å². The van der Waals surface area contributed by atoms with E-state index >= 15 is 0 Å². The van der Waals surface area contributed by atoms with Crippen molar-refractivity contribution < 1.29 is 9.59 Å². The standard InChI is InChI=1S/C26H34N2O2S/c1-17(2)28(25(30)19-6-7-19)16-23(29)27-14-12-22-21(13-15-31-22)24(27)18-8-10-20(11-9-18)26(3,4)5/h8-11,13,15,17,19,24H,6-7,12,14,16H2,1-5H3. The van der Waals surface area contributed by atoms with Crippen LogP contribution in [0.25, 0.3) is 0 Å². The first kappa shape index (κ1) is 22.1. The lowest BCUT2D eigenvalue weighted by molar-refractivity contribution is -0.143. The van der Waals surface area contributed by atoms with Crippen molar-refractivity contribution >= 4 is 23.2 Å². The summed E-state index contributed by atoms with van der Waals surface area (Å²) in [6.07, 6.45) is 2.80. The molecule has 1 atom stereocenters. The molecule has 1 fully saturated rings. The van der Waals surface area contributed by atoms with Gasteiger partial charge in [0.1, 0.15) is 6.54 Å². The summed E-state index contributed by atoms with van der Waals surface area (Å²) in [5, 5.41) is 2.13. The summed E-state index contributed by atoms with van der Waals surface area (Å²) in [6.45, 7) is 11.5. The number of carbonyl (C=O) groups excluding carboxylic acids is 2. The Morgan fingerprint density at radius 1 is 1.13 bits per heavy atom. The van der Waals surface area contributed by atoms with Gasteiger partial charge < -0.3 is 9.80 Å². The van der Waals surface area contributed by atoms with Gasteiger partial charge in [-0.25, -0.2) is 0 Å². The monoisotopic (exact) mass is 438 g/mol. The number of carbonyl (C=O) groups is 2. The number of nitrogens with zero attached hydrogens (tertiary/aromatic N) is 2. The summed E-state index contributed by atoms with van der Waals surface area (Å²) >= 11 is 1.78. The third-order valence-electron chi connectivity index (χ3n) is 6.52. The molecule has 31 heavy (non-hydrogen) atoms. The summed E-state index contributed by atoms with van der Waals surface area (Å²) in [7, 11) is 0. The molecule has 166 valence electrons. The van der Waals surface area contributed by atoms with E-state index in [0.717, 1.165) is 24.8 Å². The van der Waals surface area contributed by atoms with Crippen LogP contribution in [0.2, 0.25) is 0 Å². The van der Waals surface area contributed by atoms with Crippen molar-refractivity contribution in [3.8, 4) is 0 Å². The van der Waals surface area contributed by atoms with Gasteiger partial charge in [-0.3, -0.25) is 9.59 Å². The number of thiophene rings is 1. The van der Waals surface area contributed by atoms with Crippen molar-refractivity contribution in [1.29, 1.82) is 0 Å². The summed E-state index contributed by atoms with van der Waals surface area (Å²) in [6, 6.07) is 10.8. The first-order valence-corrected chi connectivity index (χ1v) is 12.3. The van der Waals surface area contributed by atoms with Crippen LogP contribution in [0.1, 0.15) is 75.1 Å². The van der Waals surface area contributed by atoms with Crippen LogP contribution in [0.5, 0.6) is 0 Å². The first-order valence-electron chi connectivity index (χ1n) is 11.4. The Balaban J connectivity index is 1.62. The maximum absolute atomic E-state index is 13.5. The lowest BCUT2D eigenvalue weighted by atomic mass is 9.85. The zero-order valence-corrected chi connectivity index (χ0v) is 20.2. The SMILES string of the molecule is CC(C)N(CC(=O)N1CCc2sccc2C1c1ccc(C(C)(C)C)cc1)C(=O)C1CC1. The van der Waals surface area contributed by atoms with Crippen LogP contribution in [-0.2, 0) is 21.4 Å². The second kappa shape index (κ2) is 8.42. The Kier molecular flexibility index (Phi) is 5.99. The zero-order chi connectivity index (χ0) is 22.3. The Hall–Kier alpha value is -2.14. The molecule has 5 heteroatoms. The topological polar surface area (TPSA) is 40.6 Å². The van der Waals surface area contributed by atoms with Gasteiger partial charge in [0.15, 0.2) is 0 Å². The van der Waals surface area contributed by atoms with E-state index in [0.29, 0.717) is 6.54 Å². The molecule has 0 saturated heterocycles. The number of hydrogen-bond donors (Lipinski definition) is 0. The van der Waals surface area contributed by atoms with Gasteiger partial charge in [-0.2, -0.15) is 0 Å². The third-order valence-corrected chi connectivity index (χ3v) is 7.51. The van der Waals surface area contributed by atoms with Crippen LogP contribution in [0.4, 0.5) is 0 Å². The van der Waals surface area contributed by atoms with Crippen LogP contribution >= 0.6 is 11.3 Å². The van der Waals surface area contributed by atoms with Crippen LogP contribution in [0.3, 0.4) is 0 Å². The van der Waals surface area contributed by atoms with Crippen molar-refractivity contribution in [3.05, 3.63) is 57.3 Å². The van der Waals surface area contributed by atoms with Gasteiger partial charge in [-0.1, -0.05) is 45.0 Å². The summed E-state index contributed by atoms with van der Waals surface area (Å²) in [4.78, 5) is 31.4. The predicted molar refractivity (Wildman–Crippen MR) is 126 cm³/mol. The molecule has 1 aromatic heterocycles. The van der Waals surface area contributed by atoms with Crippen molar-refractivity contribution in [2.24, 2.45) is 5.92 Å². The molecule has 0 bridgehead atoms. The molecule has 1 aliphatic carbocycles. The Morgan fingerprint density at radius 2 is 1.81 bits per heavy atom. The van der Waals surface area contributed by atoms with Gasteiger partial charge in [-0.05, 0) is 66.7 Å². The average Bonchev–Trinajstić information content (AvgIpc) is 3.47. The largest absolute Gasteiger partial charge is 0.331 e. The molecule has 0 N–H and O–H groups in total. The minimum absolute atomic E-state index is 0.0306. The van der Waals surface area contributed by atoms with Gasteiger partial charge in [0.05, 0.1) is 6.04 Å². The summed E-state index contributed by atoms with van der Waals surface area (Å²) in [5.74, 6) is 0.313. The Bertz CT molecular complexity index is 951. The van der Waals surface area contributed by atoms with Gasteiger partial charge in [0.2, 0.25) is 11.8 Å². The highest BCUT2D eigenvalue weighted by molar-refractivity contribution is 7.10. The second-order valence-corrected chi connectivity index (χ2v) is 11.2. The molecule has 0 radical (unpaired) electrons. The number of fused-ring (bicyclic) bond motifs is 1. The Morgan fingerprint density at radius 3 is 2.39 bits per heavy atom. The van der Waals surface area contributed by atoms with E-state index in [1.165, 1.54) is 16.0 Å². The van der Waals surface area contributed by atoms with E-state index in [9.17, 15) is 9.59 Å². The third kappa shape index (κ3) is 4.57. The van der Waals surface area contributed by atoms with Gasteiger partial charge in [0.25, 0.3) is 0 Å². The average molecular weight is 439 g/mol. The van der Waals surface area contributed by atoms with Crippen LogP contribution < -0.4 is 0 Å². The molecule has 2 aromatic rings. The smallest absolute Gasteiger partial charge is 0.243 e. The number of amides is 2. The van der Waals surface area contributed by atoms with Crippen molar-refractivity contribution in [2.75, 3.05) is 13.1 Å². The minimum atomic E-state index is -0.0819. The normalized spacial score (nSPS) is 18.8. The number of hydrogen-bond acceptors (Lipinski definition) is 3. The predicted octanol–water partition coefficient (Wildman–Crippen LogP) is 5.17. The molecule has 4 nitrogen and oxygen atoms in total. The molecular weight excluding hydrogens is 404 g/mol. The lowest BCUT2D eigenvalue weighted by Crippen LogP contribution is -2.49. The van der Waals surface area contributed by atoms with E-state index < -0.39 is 0 Å². The van der Waals surface area contributed by atoms with E-state index in [-0.39, 0.29) is 41.8 Å². The maximum Gasteiger partial charge on any atom is 0.243 e. The van der Waals surface area contributed by atoms with Gasteiger partial charge >= 0.3 is 0 Å². The molecule has 1 aromatic carbocycles. The molecular formula is C26H34N2O2S. The quantitative estimate of drug-likeness (QED) is 0.646. The first-order chi connectivity index (χ1) is 14.7. The molecule has 1 aliphatic heterocycles. The number of benzene rings is 1. The highest BCUT2D eigenvalue weighted by Crippen LogP contribution is 2.39. The molecule has 1 unspecified atom stereocenters. The molecule has 2 aliphatic rings. The molecule has 2 heterocycles. The van der Waals surface area contributed by atoms with Gasteiger partial charge in [0, 0.05) is 23.4 Å². The molecule has 4 rings (SSSR count). The molecule has 2 amide bonds. The van der Waals surface area contributed by atoms with Crippen molar-refractivity contribution in [2.45, 2.75) is 71.4 Å². The van der Waals surface area contributed by atoms with Gasteiger partial charge in [-0.15, -0.1) is 11.3 Å². The fourth-order valence-electron chi connectivity index (χ4n) is 4.43. The van der Waals surface area contributed by atoms with E-state index in [1.54, 1.807) is 16.2 Å². The summed E-state index contributed by atoms with van der Waals surface area (Å²) < 4.78 is 0. The van der Waals surface area contributed by atoms with Crippen LogP contribution in [0, 0.1) is 5.92 Å². The minimum Gasteiger partial charge on any atom is -0.331 e. The fourth-order valence-corrected chi connectivity index (χ4v) is 5.33. The van der Waals surface area contributed by atoms with Crippen molar-refractivity contribution in [1.82, 2.24) is 9.80 Å². The van der Waals surface area contributed by atoms with E-state index in [4.69, 9.17) is 0 Å². The maximum atomic E-state index is 13.5. The zero-order valence-electron chi connectivity index (χ0n) is 19.4. The second-order valence-electron chi connectivity index (χ2n) is 10.2. The Labute approximate surface area is 190 Å². The fraction of sp³-hybridized carbons (Fsp3) is 0.538. The highest BCUT2D eigenvalue weighted by Gasteiger charge is 2.38. The van der Waals surface area contributed by atoms with Crippen molar-refractivity contribution in [3.63, 3.8) is 0 Å². The molecule has 1 saturated carbocycles. The highest BCUT2D eigenvalue weighted by atomic mass is 32.1. The lowest BCUT2D eigenvalue weighted by Gasteiger charge is -2.38. The van der Waals surface area contributed by atoms with Crippen LogP contribution in [0.15, 0.2) is 35.7 Å².